The molecule has 1 aromatic carbocycles. The van der Waals surface area contributed by atoms with E-state index >= 15 is 0 Å². The van der Waals surface area contributed by atoms with Crippen molar-refractivity contribution in [2.24, 2.45) is 11.8 Å². The maximum absolute atomic E-state index is 12.7. The zero-order valence-electron chi connectivity index (χ0n) is 16.0. The molecule has 1 aliphatic rings. The lowest BCUT2D eigenvalue weighted by Crippen LogP contribution is -2.27. The predicted octanol–water partition coefficient (Wildman–Crippen LogP) is 2.78. The summed E-state index contributed by atoms with van der Waals surface area (Å²) in [6.45, 7) is 9.64. The summed E-state index contributed by atoms with van der Waals surface area (Å²) in [6, 6.07) is 6.11. The average molecular weight is 356 g/mol. The van der Waals surface area contributed by atoms with Crippen molar-refractivity contribution in [1.82, 2.24) is 25.5 Å². The summed E-state index contributed by atoms with van der Waals surface area (Å²) < 4.78 is 1.80. The molecule has 1 aliphatic carbocycles. The van der Waals surface area contributed by atoms with Gasteiger partial charge >= 0.3 is 0 Å². The standard InChI is InChI=1S/C19H28N6O/c1-12(2)14(4)21-17-7-5-6-16(13(17)3)19(26)20-10-18-22-23-24-25(18)11-15-8-9-15/h5-7,12,14-15,21H,8-11H2,1-4H3,(H,20,26)/t14-/m0/s1. The first-order valence-electron chi connectivity index (χ1n) is 9.35. The summed E-state index contributed by atoms with van der Waals surface area (Å²) in [5.74, 6) is 1.79. The Balaban J connectivity index is 1.65. The van der Waals surface area contributed by atoms with Gasteiger partial charge in [-0.25, -0.2) is 4.68 Å². The van der Waals surface area contributed by atoms with Crippen LogP contribution in [0.5, 0.6) is 0 Å². The maximum Gasteiger partial charge on any atom is 0.252 e. The van der Waals surface area contributed by atoms with Crippen molar-refractivity contribution >= 4 is 11.6 Å². The number of tetrazole rings is 1. The number of anilines is 1. The van der Waals surface area contributed by atoms with Gasteiger partial charge in [0.15, 0.2) is 5.82 Å². The average Bonchev–Trinajstić information content (AvgIpc) is 3.31. The summed E-state index contributed by atoms with van der Waals surface area (Å²) in [5, 5.41) is 18.2. The molecular formula is C19H28N6O. The molecule has 2 N–H and O–H groups in total. The molecule has 7 heteroatoms. The van der Waals surface area contributed by atoms with Crippen LogP contribution in [0.2, 0.25) is 0 Å². The van der Waals surface area contributed by atoms with Gasteiger partial charge in [-0.15, -0.1) is 5.10 Å². The Morgan fingerprint density at radius 3 is 2.77 bits per heavy atom. The van der Waals surface area contributed by atoms with E-state index in [4.69, 9.17) is 0 Å². The molecule has 1 amide bonds. The molecule has 1 aromatic heterocycles. The molecule has 0 bridgehead atoms. The first-order valence-corrected chi connectivity index (χ1v) is 9.35. The fourth-order valence-electron chi connectivity index (χ4n) is 2.74. The lowest BCUT2D eigenvalue weighted by atomic mass is 10.0. The fraction of sp³-hybridized carbons (Fsp3) is 0.579. The third-order valence-electron chi connectivity index (χ3n) is 5.10. The maximum atomic E-state index is 12.7. The van der Waals surface area contributed by atoms with Crippen LogP contribution in [-0.2, 0) is 13.1 Å². The Bertz CT molecular complexity index is 765. The quantitative estimate of drug-likeness (QED) is 0.760. The van der Waals surface area contributed by atoms with Crippen LogP contribution in [0.15, 0.2) is 18.2 Å². The van der Waals surface area contributed by atoms with Gasteiger partial charge in [0.2, 0.25) is 0 Å². The highest BCUT2D eigenvalue weighted by Crippen LogP contribution is 2.30. The number of nitrogens with zero attached hydrogens (tertiary/aromatic N) is 4. The zero-order chi connectivity index (χ0) is 18.7. The smallest absolute Gasteiger partial charge is 0.252 e. The SMILES string of the molecule is Cc1c(N[C@@H](C)C(C)C)cccc1C(=O)NCc1nnnn1CC1CC1. The van der Waals surface area contributed by atoms with Gasteiger partial charge in [-0.2, -0.15) is 0 Å². The lowest BCUT2D eigenvalue weighted by Gasteiger charge is -2.21. The van der Waals surface area contributed by atoms with Gasteiger partial charge in [-0.1, -0.05) is 19.9 Å². The molecule has 26 heavy (non-hydrogen) atoms. The molecule has 0 spiro atoms. The van der Waals surface area contributed by atoms with E-state index in [0.29, 0.717) is 35.8 Å². The van der Waals surface area contributed by atoms with Crippen LogP contribution in [0.25, 0.3) is 0 Å². The molecule has 1 atom stereocenters. The highest BCUT2D eigenvalue weighted by Gasteiger charge is 2.24. The molecule has 0 aliphatic heterocycles. The summed E-state index contributed by atoms with van der Waals surface area (Å²) in [7, 11) is 0. The number of aromatic nitrogens is 4. The lowest BCUT2D eigenvalue weighted by molar-refractivity contribution is 0.0948. The molecule has 140 valence electrons. The Kier molecular flexibility index (Phi) is 5.54. The monoisotopic (exact) mass is 356 g/mol. The van der Waals surface area contributed by atoms with Crippen LogP contribution in [-0.4, -0.2) is 32.2 Å². The molecule has 0 saturated heterocycles. The number of nitrogens with one attached hydrogen (secondary N) is 2. The number of hydrogen-bond acceptors (Lipinski definition) is 5. The highest BCUT2D eigenvalue weighted by atomic mass is 16.1. The number of carbonyl (C=O) groups is 1. The zero-order valence-corrected chi connectivity index (χ0v) is 16.0. The first kappa shape index (κ1) is 18.4. The van der Waals surface area contributed by atoms with Crippen LogP contribution < -0.4 is 10.6 Å². The first-order chi connectivity index (χ1) is 12.5. The van der Waals surface area contributed by atoms with Crippen LogP contribution >= 0.6 is 0 Å². The van der Waals surface area contributed by atoms with Gasteiger partial charge in [-0.3, -0.25) is 4.79 Å². The second kappa shape index (κ2) is 7.85. The van der Waals surface area contributed by atoms with Crippen molar-refractivity contribution in [3.8, 4) is 0 Å². The predicted molar refractivity (Wildman–Crippen MR) is 101 cm³/mol. The van der Waals surface area contributed by atoms with Crippen LogP contribution in [0.1, 0.15) is 55.4 Å². The van der Waals surface area contributed by atoms with Crippen molar-refractivity contribution in [3.05, 3.63) is 35.2 Å². The van der Waals surface area contributed by atoms with Crippen molar-refractivity contribution in [2.45, 2.75) is 59.7 Å². The summed E-state index contributed by atoms with van der Waals surface area (Å²) in [5.41, 5.74) is 2.62. The topological polar surface area (TPSA) is 84.7 Å². The van der Waals surface area contributed by atoms with Gasteiger partial charge in [0.25, 0.3) is 5.91 Å². The Labute approximate surface area is 154 Å². The third kappa shape index (κ3) is 4.39. The minimum Gasteiger partial charge on any atom is -0.382 e. The molecule has 1 heterocycles. The minimum absolute atomic E-state index is 0.107. The second-order valence-electron chi connectivity index (χ2n) is 7.56. The number of carbonyl (C=O) groups excluding carboxylic acids is 1. The Hall–Kier alpha value is -2.44. The highest BCUT2D eigenvalue weighted by molar-refractivity contribution is 5.97. The van der Waals surface area contributed by atoms with E-state index in [2.05, 4.69) is 46.9 Å². The Morgan fingerprint density at radius 2 is 2.08 bits per heavy atom. The van der Waals surface area contributed by atoms with E-state index in [1.54, 1.807) is 4.68 Å². The molecule has 0 unspecified atom stereocenters. The molecule has 2 aromatic rings. The number of rotatable bonds is 8. The molecule has 3 rings (SSSR count). The van der Waals surface area contributed by atoms with E-state index in [1.807, 2.05) is 25.1 Å². The summed E-state index contributed by atoms with van der Waals surface area (Å²) >= 11 is 0. The molecular weight excluding hydrogens is 328 g/mol. The van der Waals surface area contributed by atoms with Gasteiger partial charge in [0.1, 0.15) is 0 Å². The van der Waals surface area contributed by atoms with Crippen molar-refractivity contribution in [1.29, 1.82) is 0 Å². The second-order valence-corrected chi connectivity index (χ2v) is 7.56. The van der Waals surface area contributed by atoms with Gasteiger partial charge in [0.05, 0.1) is 6.54 Å². The molecule has 7 nitrogen and oxygen atoms in total. The van der Waals surface area contributed by atoms with E-state index in [-0.39, 0.29) is 5.91 Å². The number of benzene rings is 1. The normalized spacial score (nSPS) is 15.1. The van der Waals surface area contributed by atoms with Crippen molar-refractivity contribution in [3.63, 3.8) is 0 Å². The van der Waals surface area contributed by atoms with Gasteiger partial charge in [-0.05, 0) is 66.6 Å². The number of hydrogen-bond donors (Lipinski definition) is 2. The third-order valence-corrected chi connectivity index (χ3v) is 5.10. The van der Waals surface area contributed by atoms with Gasteiger partial charge in [0, 0.05) is 23.8 Å². The largest absolute Gasteiger partial charge is 0.382 e. The van der Waals surface area contributed by atoms with E-state index in [0.717, 1.165) is 17.8 Å². The van der Waals surface area contributed by atoms with Crippen LogP contribution in [0, 0.1) is 18.8 Å². The summed E-state index contributed by atoms with van der Waals surface area (Å²) in [6.07, 6.45) is 2.47. The van der Waals surface area contributed by atoms with Crippen molar-refractivity contribution in [2.75, 3.05) is 5.32 Å². The van der Waals surface area contributed by atoms with E-state index in [9.17, 15) is 4.79 Å². The molecule has 1 saturated carbocycles. The molecule has 1 fully saturated rings. The fourth-order valence-corrected chi connectivity index (χ4v) is 2.74. The molecule has 0 radical (unpaired) electrons. The Morgan fingerprint density at radius 1 is 1.31 bits per heavy atom. The van der Waals surface area contributed by atoms with E-state index in [1.165, 1.54) is 12.8 Å². The van der Waals surface area contributed by atoms with Gasteiger partial charge < -0.3 is 10.6 Å². The minimum atomic E-state index is -0.107. The van der Waals surface area contributed by atoms with Crippen LogP contribution in [0.4, 0.5) is 5.69 Å². The van der Waals surface area contributed by atoms with Crippen LogP contribution in [0.3, 0.4) is 0 Å². The summed E-state index contributed by atoms with van der Waals surface area (Å²) in [4.78, 5) is 12.7. The van der Waals surface area contributed by atoms with E-state index < -0.39 is 0 Å². The number of amides is 1. The van der Waals surface area contributed by atoms with Crippen molar-refractivity contribution < 1.29 is 4.79 Å².